The van der Waals surface area contributed by atoms with Gasteiger partial charge in [0.2, 0.25) is 10.0 Å². The molecule has 1 aliphatic carbocycles. The Balaban J connectivity index is 2.16. The van der Waals surface area contributed by atoms with E-state index in [1.54, 1.807) is 24.3 Å². The summed E-state index contributed by atoms with van der Waals surface area (Å²) in [7, 11) is -2.19. The minimum atomic E-state index is -3.64. The van der Waals surface area contributed by atoms with Gasteiger partial charge in [-0.15, -0.1) is 0 Å². The minimum Gasteiger partial charge on any atom is -0.495 e. The summed E-state index contributed by atoms with van der Waals surface area (Å²) in [5.41, 5.74) is 3.70. The zero-order chi connectivity index (χ0) is 16.9. The van der Waals surface area contributed by atoms with Crippen molar-refractivity contribution in [1.82, 2.24) is 5.43 Å². The first-order valence-corrected chi connectivity index (χ1v) is 9.21. The van der Waals surface area contributed by atoms with Crippen molar-refractivity contribution >= 4 is 27.3 Å². The van der Waals surface area contributed by atoms with E-state index in [1.807, 2.05) is 0 Å². The van der Waals surface area contributed by atoms with Crippen LogP contribution in [-0.4, -0.2) is 39.9 Å². The van der Waals surface area contributed by atoms with Crippen LogP contribution in [0.15, 0.2) is 29.4 Å². The predicted molar refractivity (Wildman–Crippen MR) is 89.2 cm³/mol. The molecule has 0 radical (unpaired) electrons. The van der Waals surface area contributed by atoms with Crippen LogP contribution in [0.3, 0.4) is 0 Å². The number of hydrogen-bond acceptors (Lipinski definition) is 5. The van der Waals surface area contributed by atoms with E-state index in [4.69, 9.17) is 4.74 Å². The standard InChI is InChI=1S/C15H21N3O4S/c1-22-14-10-6-5-9-13(14)18(23(2,20)21)11-15(19)17-16-12-7-3-4-8-12/h5-6,9-10H,3-4,7-8,11H2,1-2H3,(H,17,19). The number of ether oxygens (including phenoxy) is 1. The highest BCUT2D eigenvalue weighted by Gasteiger charge is 2.23. The first-order valence-electron chi connectivity index (χ1n) is 7.37. The summed E-state index contributed by atoms with van der Waals surface area (Å²) in [6.07, 6.45) is 4.96. The second-order valence-electron chi connectivity index (χ2n) is 5.36. The lowest BCUT2D eigenvalue weighted by molar-refractivity contribution is -0.119. The molecule has 126 valence electrons. The molecule has 8 heteroatoms. The average molecular weight is 339 g/mol. The van der Waals surface area contributed by atoms with Crippen molar-refractivity contribution in [2.24, 2.45) is 5.10 Å². The van der Waals surface area contributed by atoms with Crippen LogP contribution < -0.4 is 14.5 Å². The number of carbonyl (C=O) groups excluding carboxylic acids is 1. The first-order chi connectivity index (χ1) is 10.9. The molecule has 0 unspecified atom stereocenters. The second kappa shape index (κ2) is 7.45. The smallest absolute Gasteiger partial charge is 0.260 e. The number of anilines is 1. The molecule has 1 aliphatic rings. The molecule has 7 nitrogen and oxygen atoms in total. The molecule has 0 aliphatic heterocycles. The van der Waals surface area contributed by atoms with Gasteiger partial charge < -0.3 is 4.74 Å². The first kappa shape index (κ1) is 17.3. The SMILES string of the molecule is COc1ccccc1N(CC(=O)NN=C1CCCC1)S(C)(=O)=O. The number of benzene rings is 1. The lowest BCUT2D eigenvalue weighted by atomic mass is 10.3. The zero-order valence-electron chi connectivity index (χ0n) is 13.3. The van der Waals surface area contributed by atoms with Crippen LogP contribution in [0.4, 0.5) is 5.69 Å². The number of methoxy groups -OCH3 is 1. The third-order valence-electron chi connectivity index (χ3n) is 3.56. The van der Waals surface area contributed by atoms with Crippen molar-refractivity contribution in [2.75, 3.05) is 24.2 Å². The van der Waals surface area contributed by atoms with Crippen LogP contribution in [-0.2, 0) is 14.8 Å². The molecule has 0 atom stereocenters. The summed E-state index contributed by atoms with van der Waals surface area (Å²) in [5, 5.41) is 4.06. The molecule has 0 spiro atoms. The lowest BCUT2D eigenvalue weighted by Crippen LogP contribution is -2.39. The number of hydrogen-bond donors (Lipinski definition) is 1. The molecule has 23 heavy (non-hydrogen) atoms. The molecule has 1 aromatic carbocycles. The van der Waals surface area contributed by atoms with Gasteiger partial charge >= 0.3 is 0 Å². The topological polar surface area (TPSA) is 88.1 Å². The van der Waals surface area contributed by atoms with E-state index in [0.29, 0.717) is 11.4 Å². The van der Waals surface area contributed by atoms with Gasteiger partial charge in [-0.2, -0.15) is 5.10 Å². The highest BCUT2D eigenvalue weighted by Crippen LogP contribution is 2.29. The van der Waals surface area contributed by atoms with E-state index < -0.39 is 15.9 Å². The summed E-state index contributed by atoms with van der Waals surface area (Å²) in [6, 6.07) is 6.65. The highest BCUT2D eigenvalue weighted by molar-refractivity contribution is 7.92. The lowest BCUT2D eigenvalue weighted by Gasteiger charge is -2.23. The molecule has 0 heterocycles. The summed E-state index contributed by atoms with van der Waals surface area (Å²) in [6.45, 7) is -0.351. The largest absolute Gasteiger partial charge is 0.495 e. The Morgan fingerprint density at radius 1 is 1.30 bits per heavy atom. The van der Waals surface area contributed by atoms with Gasteiger partial charge in [-0.05, 0) is 37.8 Å². The van der Waals surface area contributed by atoms with Crippen molar-refractivity contribution in [3.63, 3.8) is 0 Å². The molecule has 2 rings (SSSR count). The third kappa shape index (κ3) is 4.69. The highest BCUT2D eigenvalue weighted by atomic mass is 32.2. The number of carbonyl (C=O) groups is 1. The quantitative estimate of drug-likeness (QED) is 0.796. The summed E-state index contributed by atoms with van der Waals surface area (Å²) < 4.78 is 30.3. The normalized spacial score (nSPS) is 14.4. The van der Waals surface area contributed by atoms with Crippen LogP contribution in [0, 0.1) is 0 Å². The second-order valence-corrected chi connectivity index (χ2v) is 7.27. The van der Waals surface area contributed by atoms with Crippen LogP contribution in [0.25, 0.3) is 0 Å². The van der Waals surface area contributed by atoms with E-state index in [1.165, 1.54) is 7.11 Å². The van der Waals surface area contributed by atoms with Crippen LogP contribution >= 0.6 is 0 Å². The number of para-hydroxylation sites is 2. The van der Waals surface area contributed by atoms with Crippen molar-refractivity contribution in [3.8, 4) is 5.75 Å². The maximum Gasteiger partial charge on any atom is 0.260 e. The van der Waals surface area contributed by atoms with Crippen molar-refractivity contribution < 1.29 is 17.9 Å². The van der Waals surface area contributed by atoms with Gasteiger partial charge in [0.05, 0.1) is 19.1 Å². The maximum atomic E-state index is 12.1. The molecule has 1 aromatic rings. The van der Waals surface area contributed by atoms with Crippen LogP contribution in [0.2, 0.25) is 0 Å². The average Bonchev–Trinajstić information content (AvgIpc) is 3.03. The Morgan fingerprint density at radius 2 is 1.96 bits per heavy atom. The van der Waals surface area contributed by atoms with Crippen molar-refractivity contribution in [3.05, 3.63) is 24.3 Å². The maximum absolute atomic E-state index is 12.1. The van der Waals surface area contributed by atoms with Gasteiger partial charge in [-0.3, -0.25) is 9.10 Å². The molecule has 1 saturated carbocycles. The molecule has 0 aromatic heterocycles. The van der Waals surface area contributed by atoms with E-state index in [2.05, 4.69) is 10.5 Å². The Morgan fingerprint density at radius 3 is 2.57 bits per heavy atom. The molecule has 0 saturated heterocycles. The Kier molecular flexibility index (Phi) is 5.59. The fourth-order valence-corrected chi connectivity index (χ4v) is 3.28. The molecule has 0 bridgehead atoms. The summed E-state index contributed by atoms with van der Waals surface area (Å²) >= 11 is 0. The van der Waals surface area contributed by atoms with Crippen LogP contribution in [0.5, 0.6) is 5.75 Å². The van der Waals surface area contributed by atoms with E-state index in [9.17, 15) is 13.2 Å². The summed E-state index contributed by atoms with van der Waals surface area (Å²) in [4.78, 5) is 12.1. The summed E-state index contributed by atoms with van der Waals surface area (Å²) in [5.74, 6) is -0.103. The zero-order valence-corrected chi connectivity index (χ0v) is 14.1. The molecular formula is C15H21N3O4S. The number of sulfonamides is 1. The minimum absolute atomic E-state index is 0.321. The number of hydrazone groups is 1. The Labute approximate surface area is 136 Å². The third-order valence-corrected chi connectivity index (χ3v) is 4.69. The Hall–Kier alpha value is -2.09. The van der Waals surface area contributed by atoms with E-state index in [-0.39, 0.29) is 6.54 Å². The van der Waals surface area contributed by atoms with Crippen LogP contribution in [0.1, 0.15) is 25.7 Å². The van der Waals surface area contributed by atoms with Gasteiger partial charge in [-0.25, -0.2) is 13.8 Å². The molecule has 1 fully saturated rings. The predicted octanol–water partition coefficient (Wildman–Crippen LogP) is 1.51. The number of amides is 1. The monoisotopic (exact) mass is 339 g/mol. The van der Waals surface area contributed by atoms with Crippen molar-refractivity contribution in [2.45, 2.75) is 25.7 Å². The number of rotatable bonds is 6. The van der Waals surface area contributed by atoms with Gasteiger partial charge in [0.1, 0.15) is 12.3 Å². The number of nitrogens with zero attached hydrogens (tertiary/aromatic N) is 2. The van der Waals surface area contributed by atoms with E-state index in [0.717, 1.165) is 42.0 Å². The fourth-order valence-electron chi connectivity index (χ4n) is 2.42. The van der Waals surface area contributed by atoms with Gasteiger partial charge in [-0.1, -0.05) is 12.1 Å². The van der Waals surface area contributed by atoms with Gasteiger partial charge in [0, 0.05) is 5.71 Å². The fraction of sp³-hybridized carbons (Fsp3) is 0.467. The Bertz CT molecular complexity index is 692. The van der Waals surface area contributed by atoms with Crippen molar-refractivity contribution in [1.29, 1.82) is 0 Å². The number of nitrogens with one attached hydrogen (secondary N) is 1. The molecule has 1 N–H and O–H groups in total. The molecule has 1 amide bonds. The van der Waals surface area contributed by atoms with Gasteiger partial charge in [0.25, 0.3) is 5.91 Å². The van der Waals surface area contributed by atoms with Gasteiger partial charge in [0.15, 0.2) is 0 Å². The van der Waals surface area contributed by atoms with E-state index >= 15 is 0 Å². The molecular weight excluding hydrogens is 318 g/mol.